The van der Waals surface area contributed by atoms with Crippen molar-refractivity contribution in [3.05, 3.63) is 28.7 Å². The van der Waals surface area contributed by atoms with E-state index in [0.29, 0.717) is 5.56 Å². The van der Waals surface area contributed by atoms with E-state index in [-0.39, 0.29) is 34.6 Å². The molecule has 108 valence electrons. The number of carbonyl (C=O) groups is 2. The molecule has 0 spiro atoms. The lowest BCUT2D eigenvalue weighted by Gasteiger charge is -2.08. The van der Waals surface area contributed by atoms with Gasteiger partial charge in [0.05, 0.1) is 24.5 Å². The van der Waals surface area contributed by atoms with E-state index in [9.17, 15) is 14.7 Å². The van der Waals surface area contributed by atoms with Crippen molar-refractivity contribution in [2.75, 3.05) is 13.7 Å². The molecule has 2 amide bonds. The summed E-state index contributed by atoms with van der Waals surface area (Å²) in [4.78, 5) is 25.1. The lowest BCUT2D eigenvalue weighted by atomic mass is 10.2. The summed E-state index contributed by atoms with van der Waals surface area (Å²) in [6.45, 7) is 0.0946. The Kier molecular flexibility index (Phi) is 4.50. The van der Waals surface area contributed by atoms with Crippen molar-refractivity contribution < 1.29 is 19.4 Å². The van der Waals surface area contributed by atoms with Crippen molar-refractivity contribution in [2.24, 2.45) is 0 Å². The van der Waals surface area contributed by atoms with Crippen LogP contribution in [0, 0.1) is 11.3 Å². The number of rotatable bonds is 4. The Morgan fingerprint density at radius 1 is 1.48 bits per heavy atom. The van der Waals surface area contributed by atoms with Crippen LogP contribution >= 0.6 is 11.8 Å². The third-order valence-corrected chi connectivity index (χ3v) is 3.73. The number of imide groups is 1. The lowest BCUT2D eigenvalue weighted by molar-refractivity contribution is -0.122. The molecule has 21 heavy (non-hydrogen) atoms. The van der Waals surface area contributed by atoms with Crippen LogP contribution in [0.15, 0.2) is 23.1 Å². The maximum Gasteiger partial charge on any atom is 0.293 e. The molecule has 0 unspecified atom stereocenters. The number of hydrogen-bond donors (Lipinski definition) is 1. The maximum atomic E-state index is 12.1. The number of aromatic hydroxyl groups is 1. The second kappa shape index (κ2) is 6.33. The number of benzene rings is 1. The van der Waals surface area contributed by atoms with Gasteiger partial charge in [-0.1, -0.05) is 6.07 Å². The van der Waals surface area contributed by atoms with E-state index in [0.717, 1.165) is 16.7 Å². The number of amides is 2. The van der Waals surface area contributed by atoms with Crippen LogP contribution in [-0.2, 0) is 4.79 Å². The monoisotopic (exact) mass is 304 g/mol. The molecule has 0 aliphatic carbocycles. The Hall–Kier alpha value is -2.46. The summed E-state index contributed by atoms with van der Waals surface area (Å²) in [6.07, 6.45) is 1.66. The highest BCUT2D eigenvalue weighted by atomic mass is 32.2. The van der Waals surface area contributed by atoms with Crippen molar-refractivity contribution in [3.8, 4) is 17.6 Å². The van der Waals surface area contributed by atoms with Gasteiger partial charge in [0.1, 0.15) is 0 Å². The van der Waals surface area contributed by atoms with Gasteiger partial charge >= 0.3 is 0 Å². The molecule has 0 radical (unpaired) electrons. The van der Waals surface area contributed by atoms with Crippen molar-refractivity contribution in [2.45, 2.75) is 6.42 Å². The summed E-state index contributed by atoms with van der Waals surface area (Å²) in [6, 6.07) is 6.53. The van der Waals surface area contributed by atoms with Crippen LogP contribution in [0.2, 0.25) is 0 Å². The molecule has 0 atom stereocenters. The van der Waals surface area contributed by atoms with Gasteiger partial charge < -0.3 is 9.84 Å². The molecule has 0 saturated carbocycles. The van der Waals surface area contributed by atoms with Gasteiger partial charge in [0, 0.05) is 6.54 Å². The summed E-state index contributed by atoms with van der Waals surface area (Å²) in [5.41, 5.74) is 0.635. The van der Waals surface area contributed by atoms with Crippen LogP contribution in [0.5, 0.6) is 11.5 Å². The molecule has 1 aromatic carbocycles. The predicted octanol–water partition coefficient (Wildman–Crippen LogP) is 2.35. The second-order valence-electron chi connectivity index (χ2n) is 4.17. The average Bonchev–Trinajstić information content (AvgIpc) is 2.73. The van der Waals surface area contributed by atoms with Crippen molar-refractivity contribution in [3.63, 3.8) is 0 Å². The Labute approximate surface area is 125 Å². The molecule has 2 rings (SSSR count). The zero-order valence-electron chi connectivity index (χ0n) is 11.2. The quantitative estimate of drug-likeness (QED) is 0.859. The van der Waals surface area contributed by atoms with Gasteiger partial charge in [-0.2, -0.15) is 5.26 Å². The van der Waals surface area contributed by atoms with E-state index in [1.165, 1.54) is 13.2 Å². The third kappa shape index (κ3) is 3.17. The van der Waals surface area contributed by atoms with Crippen LogP contribution < -0.4 is 4.74 Å². The van der Waals surface area contributed by atoms with Crippen LogP contribution in [0.4, 0.5) is 4.79 Å². The summed E-state index contributed by atoms with van der Waals surface area (Å²) >= 11 is 0.831. The van der Waals surface area contributed by atoms with Gasteiger partial charge in [-0.05, 0) is 35.5 Å². The van der Waals surface area contributed by atoms with Crippen molar-refractivity contribution >= 4 is 29.0 Å². The van der Waals surface area contributed by atoms with E-state index in [1.54, 1.807) is 18.2 Å². The molecule has 0 aromatic heterocycles. The highest BCUT2D eigenvalue weighted by Crippen LogP contribution is 2.34. The van der Waals surface area contributed by atoms with Crippen molar-refractivity contribution in [1.82, 2.24) is 4.90 Å². The number of thioether (sulfide) groups is 1. The molecule has 1 aromatic rings. The molecule has 1 N–H and O–H groups in total. The number of methoxy groups -OCH3 is 1. The van der Waals surface area contributed by atoms with Gasteiger partial charge in [-0.15, -0.1) is 0 Å². The van der Waals surface area contributed by atoms with Gasteiger partial charge in [-0.25, -0.2) is 0 Å². The first-order chi connectivity index (χ1) is 10.1. The molecule has 0 bridgehead atoms. The SMILES string of the molecule is COc1cc(/C=C2\SC(=O)N(CCC#N)C2=O)ccc1O. The van der Waals surface area contributed by atoms with Crippen LogP contribution in [0.1, 0.15) is 12.0 Å². The summed E-state index contributed by atoms with van der Waals surface area (Å²) < 4.78 is 4.99. The molecule has 6 nitrogen and oxygen atoms in total. The minimum absolute atomic E-state index is 0.00299. The molecule has 1 fully saturated rings. The Morgan fingerprint density at radius 3 is 2.90 bits per heavy atom. The normalized spacial score (nSPS) is 16.4. The van der Waals surface area contributed by atoms with Crippen LogP contribution in [0.3, 0.4) is 0 Å². The smallest absolute Gasteiger partial charge is 0.293 e. The van der Waals surface area contributed by atoms with Crippen LogP contribution in [-0.4, -0.2) is 34.8 Å². The topological polar surface area (TPSA) is 90.6 Å². The van der Waals surface area contributed by atoms with Gasteiger partial charge in [0.15, 0.2) is 11.5 Å². The molecular weight excluding hydrogens is 292 g/mol. The molecule has 1 heterocycles. The fraction of sp³-hybridized carbons (Fsp3) is 0.214. The standard InChI is InChI=1S/C14H12N2O4S/c1-20-11-7-9(3-4-10(11)17)8-12-13(18)16(6-2-5-15)14(19)21-12/h3-4,7-8,17H,2,6H2,1H3/b12-8-. The lowest BCUT2D eigenvalue weighted by Crippen LogP contribution is -2.28. The molecular formula is C14H12N2O4S. The average molecular weight is 304 g/mol. The number of carbonyl (C=O) groups excluding carboxylic acids is 2. The Bertz CT molecular complexity index is 663. The number of phenols is 1. The number of nitrogens with zero attached hydrogens (tertiary/aromatic N) is 2. The number of ether oxygens (including phenoxy) is 1. The van der Waals surface area contributed by atoms with E-state index in [4.69, 9.17) is 10.00 Å². The highest BCUT2D eigenvalue weighted by molar-refractivity contribution is 8.18. The summed E-state index contributed by atoms with van der Waals surface area (Å²) in [5.74, 6) is -0.128. The van der Waals surface area contributed by atoms with Gasteiger partial charge in [-0.3, -0.25) is 14.5 Å². The van der Waals surface area contributed by atoms with Gasteiger partial charge in [0.25, 0.3) is 11.1 Å². The first-order valence-corrected chi connectivity index (χ1v) is 6.87. The zero-order valence-corrected chi connectivity index (χ0v) is 12.0. The van der Waals surface area contributed by atoms with Crippen molar-refractivity contribution in [1.29, 1.82) is 5.26 Å². The Morgan fingerprint density at radius 2 is 2.24 bits per heavy atom. The number of hydrogen-bond acceptors (Lipinski definition) is 6. The second-order valence-corrected chi connectivity index (χ2v) is 5.17. The molecule has 1 aliphatic rings. The van der Waals surface area contributed by atoms with E-state index in [1.807, 2.05) is 6.07 Å². The van der Waals surface area contributed by atoms with E-state index >= 15 is 0 Å². The summed E-state index contributed by atoms with van der Waals surface area (Å²) in [7, 11) is 1.43. The minimum atomic E-state index is -0.410. The number of nitriles is 1. The van der Waals surface area contributed by atoms with E-state index in [2.05, 4.69) is 0 Å². The maximum absolute atomic E-state index is 12.1. The molecule has 1 aliphatic heterocycles. The summed E-state index contributed by atoms with van der Waals surface area (Å²) in [5, 5.41) is 17.7. The first-order valence-electron chi connectivity index (χ1n) is 6.06. The molecule has 1 saturated heterocycles. The van der Waals surface area contributed by atoms with Crippen LogP contribution in [0.25, 0.3) is 6.08 Å². The first kappa shape index (κ1) is 14.9. The Balaban J connectivity index is 2.24. The zero-order chi connectivity index (χ0) is 15.4. The number of phenolic OH excluding ortho intramolecular Hbond substituents is 1. The highest BCUT2D eigenvalue weighted by Gasteiger charge is 2.34. The third-order valence-electron chi connectivity index (χ3n) is 2.82. The largest absolute Gasteiger partial charge is 0.504 e. The fourth-order valence-corrected chi connectivity index (χ4v) is 2.65. The molecule has 7 heteroatoms. The van der Waals surface area contributed by atoms with E-state index < -0.39 is 5.91 Å². The predicted molar refractivity (Wildman–Crippen MR) is 77.6 cm³/mol. The van der Waals surface area contributed by atoms with Gasteiger partial charge in [0.2, 0.25) is 0 Å². The minimum Gasteiger partial charge on any atom is -0.504 e. The fourth-order valence-electron chi connectivity index (χ4n) is 1.79.